The molecule has 0 radical (unpaired) electrons. The molecule has 1 amide bonds. The van der Waals surface area contributed by atoms with E-state index in [1.54, 1.807) is 0 Å². The van der Waals surface area contributed by atoms with Gasteiger partial charge in [0.05, 0.1) is 19.1 Å². The second kappa shape index (κ2) is 14.3. The molecule has 1 aliphatic rings. The van der Waals surface area contributed by atoms with Crippen LogP contribution < -0.4 is 10.6 Å². The number of esters is 1. The Morgan fingerprint density at radius 3 is 2.55 bits per heavy atom. The van der Waals surface area contributed by atoms with Crippen LogP contribution in [0, 0.1) is 5.92 Å². The van der Waals surface area contributed by atoms with Crippen molar-refractivity contribution < 1.29 is 14.3 Å². The van der Waals surface area contributed by atoms with Gasteiger partial charge in [0.1, 0.15) is 0 Å². The number of likely N-dealkylation sites (tertiary alicyclic amines) is 1. The predicted octanol–water partition coefficient (Wildman–Crippen LogP) is 3.57. The van der Waals surface area contributed by atoms with Crippen molar-refractivity contribution in [3.63, 3.8) is 0 Å². The summed E-state index contributed by atoms with van der Waals surface area (Å²) in [5.74, 6) is 0.534. The molecule has 0 spiro atoms. The quantitative estimate of drug-likeness (QED) is 0.226. The smallest absolute Gasteiger partial charge is 0.310 e. The van der Waals surface area contributed by atoms with Crippen molar-refractivity contribution in [1.82, 2.24) is 15.5 Å². The molecule has 7 nitrogen and oxygen atoms in total. The van der Waals surface area contributed by atoms with Crippen molar-refractivity contribution >= 4 is 41.8 Å². The number of nitrogens with zero attached hydrogens (tertiary/aromatic N) is 2. The van der Waals surface area contributed by atoms with Gasteiger partial charge < -0.3 is 20.3 Å². The topological polar surface area (TPSA) is 83.0 Å². The number of benzene rings is 1. The van der Waals surface area contributed by atoms with Gasteiger partial charge in [0.2, 0.25) is 0 Å². The van der Waals surface area contributed by atoms with Crippen LogP contribution in [0.25, 0.3) is 0 Å². The fraction of sp³-hybridized carbons (Fsp3) is 0.609. The molecule has 1 saturated heterocycles. The van der Waals surface area contributed by atoms with Gasteiger partial charge in [0.15, 0.2) is 5.96 Å². The van der Waals surface area contributed by atoms with Crippen LogP contribution in [-0.4, -0.2) is 55.0 Å². The maximum Gasteiger partial charge on any atom is 0.310 e. The van der Waals surface area contributed by atoms with Gasteiger partial charge >= 0.3 is 5.97 Å². The number of carbonyl (C=O) groups is 2. The second-order valence-electron chi connectivity index (χ2n) is 7.69. The highest BCUT2D eigenvalue weighted by Gasteiger charge is 2.28. The lowest BCUT2D eigenvalue weighted by Gasteiger charge is -2.34. The number of hydrogen-bond acceptors (Lipinski definition) is 4. The summed E-state index contributed by atoms with van der Waals surface area (Å²) in [4.78, 5) is 31.3. The van der Waals surface area contributed by atoms with Gasteiger partial charge in [-0.2, -0.15) is 0 Å². The first-order chi connectivity index (χ1) is 14.5. The summed E-state index contributed by atoms with van der Waals surface area (Å²) in [6.07, 6.45) is 2.70. The number of halogens is 1. The van der Waals surface area contributed by atoms with Crippen molar-refractivity contribution in [2.75, 3.05) is 26.2 Å². The fourth-order valence-corrected chi connectivity index (χ4v) is 3.38. The number of rotatable bonds is 8. The Labute approximate surface area is 203 Å². The summed E-state index contributed by atoms with van der Waals surface area (Å²) in [5, 5.41) is 6.31. The van der Waals surface area contributed by atoms with Gasteiger partial charge in [0.25, 0.3) is 5.91 Å². The minimum absolute atomic E-state index is 0. The number of piperidine rings is 1. The highest BCUT2D eigenvalue weighted by atomic mass is 127. The minimum Gasteiger partial charge on any atom is -0.466 e. The van der Waals surface area contributed by atoms with E-state index in [1.807, 2.05) is 52.0 Å². The standard InChI is InChI=1S/C23H36N4O3.HI/c1-5-17(4)26-21(28)19-12-10-18(11-13-19)15-25-23(24-6-2)27-14-8-9-20(16-27)22(29)30-7-3;/h10-13,17,20H,5-9,14-16H2,1-4H3,(H,24,25)(H,26,28);1H. The van der Waals surface area contributed by atoms with Crippen molar-refractivity contribution in [3.8, 4) is 0 Å². The largest absolute Gasteiger partial charge is 0.466 e. The molecule has 174 valence electrons. The van der Waals surface area contributed by atoms with Gasteiger partial charge in [-0.3, -0.25) is 9.59 Å². The number of guanidine groups is 1. The molecular formula is C23H37IN4O3. The zero-order chi connectivity index (χ0) is 21.9. The molecule has 31 heavy (non-hydrogen) atoms. The number of carbonyl (C=O) groups excluding carboxylic acids is 2. The predicted molar refractivity (Wildman–Crippen MR) is 135 cm³/mol. The van der Waals surface area contributed by atoms with E-state index in [9.17, 15) is 9.59 Å². The zero-order valence-electron chi connectivity index (χ0n) is 19.1. The van der Waals surface area contributed by atoms with Gasteiger partial charge in [-0.25, -0.2) is 4.99 Å². The van der Waals surface area contributed by atoms with Crippen LogP contribution in [0.2, 0.25) is 0 Å². The fourth-order valence-electron chi connectivity index (χ4n) is 3.38. The highest BCUT2D eigenvalue weighted by molar-refractivity contribution is 14.0. The Morgan fingerprint density at radius 1 is 1.23 bits per heavy atom. The van der Waals surface area contributed by atoms with Gasteiger partial charge in [-0.1, -0.05) is 19.1 Å². The third-order valence-electron chi connectivity index (χ3n) is 5.29. The van der Waals surface area contributed by atoms with Crippen molar-refractivity contribution in [2.45, 2.75) is 59.5 Å². The van der Waals surface area contributed by atoms with Gasteiger partial charge in [-0.15, -0.1) is 24.0 Å². The van der Waals surface area contributed by atoms with Crippen LogP contribution in [0.5, 0.6) is 0 Å². The van der Waals surface area contributed by atoms with E-state index >= 15 is 0 Å². The lowest BCUT2D eigenvalue weighted by molar-refractivity contribution is -0.149. The first-order valence-electron chi connectivity index (χ1n) is 11.1. The monoisotopic (exact) mass is 544 g/mol. The normalized spacial score (nSPS) is 17.4. The summed E-state index contributed by atoms with van der Waals surface area (Å²) in [7, 11) is 0. The summed E-state index contributed by atoms with van der Waals surface area (Å²) in [6, 6.07) is 7.72. The first kappa shape index (κ1) is 27.2. The van der Waals surface area contributed by atoms with E-state index in [-0.39, 0.29) is 47.8 Å². The Hall–Kier alpha value is -1.84. The Kier molecular flexibility index (Phi) is 12.5. The Balaban J connectivity index is 0.00000480. The summed E-state index contributed by atoms with van der Waals surface area (Å²) in [5.41, 5.74) is 1.69. The minimum atomic E-state index is -0.121. The number of ether oxygens (including phenoxy) is 1. The van der Waals surface area contributed by atoms with E-state index in [0.29, 0.717) is 25.3 Å². The molecule has 0 bridgehead atoms. The van der Waals surface area contributed by atoms with Crippen LogP contribution in [0.15, 0.2) is 29.3 Å². The zero-order valence-corrected chi connectivity index (χ0v) is 21.5. The van der Waals surface area contributed by atoms with Crippen LogP contribution in [-0.2, 0) is 16.1 Å². The maximum absolute atomic E-state index is 12.2. The van der Waals surface area contributed by atoms with Crippen LogP contribution in [0.1, 0.15) is 62.9 Å². The molecule has 0 aromatic heterocycles. The summed E-state index contributed by atoms with van der Waals surface area (Å²) < 4.78 is 5.20. The lowest BCUT2D eigenvalue weighted by Crippen LogP contribution is -2.48. The molecule has 1 fully saturated rings. The van der Waals surface area contributed by atoms with Crippen LogP contribution in [0.4, 0.5) is 0 Å². The van der Waals surface area contributed by atoms with Gasteiger partial charge in [-0.05, 0) is 57.7 Å². The van der Waals surface area contributed by atoms with Crippen LogP contribution >= 0.6 is 24.0 Å². The average molecular weight is 544 g/mol. The third kappa shape index (κ3) is 8.66. The summed E-state index contributed by atoms with van der Waals surface area (Å²) >= 11 is 0. The maximum atomic E-state index is 12.2. The molecule has 1 aromatic rings. The van der Waals surface area contributed by atoms with E-state index in [4.69, 9.17) is 9.73 Å². The van der Waals surface area contributed by atoms with E-state index in [2.05, 4.69) is 15.5 Å². The Bertz CT molecular complexity index is 724. The molecule has 2 rings (SSSR count). The number of hydrogen-bond donors (Lipinski definition) is 2. The van der Waals surface area contributed by atoms with Crippen molar-refractivity contribution in [2.24, 2.45) is 10.9 Å². The molecule has 2 N–H and O–H groups in total. The number of nitrogens with one attached hydrogen (secondary N) is 2. The third-order valence-corrected chi connectivity index (χ3v) is 5.29. The Morgan fingerprint density at radius 2 is 1.94 bits per heavy atom. The molecular weight excluding hydrogens is 507 g/mol. The SMILES string of the molecule is CCNC(=NCc1ccc(C(=O)NC(C)CC)cc1)N1CCCC(C(=O)OCC)C1.I. The summed E-state index contributed by atoms with van der Waals surface area (Å²) in [6.45, 7) is 11.1. The first-order valence-corrected chi connectivity index (χ1v) is 11.1. The molecule has 1 aliphatic heterocycles. The lowest BCUT2D eigenvalue weighted by atomic mass is 9.98. The molecule has 2 atom stereocenters. The molecule has 0 aliphatic carbocycles. The van der Waals surface area contributed by atoms with E-state index in [0.717, 1.165) is 43.9 Å². The van der Waals surface area contributed by atoms with Crippen LogP contribution in [0.3, 0.4) is 0 Å². The molecule has 8 heteroatoms. The van der Waals surface area contributed by atoms with Crippen molar-refractivity contribution in [3.05, 3.63) is 35.4 Å². The average Bonchev–Trinajstić information content (AvgIpc) is 2.77. The van der Waals surface area contributed by atoms with Crippen molar-refractivity contribution in [1.29, 1.82) is 0 Å². The van der Waals surface area contributed by atoms with Gasteiger partial charge in [0, 0.05) is 31.2 Å². The molecule has 1 heterocycles. The van der Waals surface area contributed by atoms with E-state index < -0.39 is 0 Å². The molecule has 2 unspecified atom stereocenters. The highest BCUT2D eigenvalue weighted by Crippen LogP contribution is 2.18. The van der Waals surface area contributed by atoms with E-state index in [1.165, 1.54) is 0 Å². The molecule has 0 saturated carbocycles. The number of amides is 1. The molecule has 1 aromatic carbocycles. The number of aliphatic imine (C=N–C) groups is 1. The second-order valence-corrected chi connectivity index (χ2v) is 7.69.